The molecule has 6 heteroatoms. The highest BCUT2D eigenvalue weighted by molar-refractivity contribution is 7.90. The normalized spacial score (nSPS) is 21.9. The van der Waals surface area contributed by atoms with Crippen molar-refractivity contribution in [1.82, 2.24) is 10.2 Å². The largest absolute Gasteiger partial charge is 0.337 e. The van der Waals surface area contributed by atoms with Crippen LogP contribution >= 0.6 is 0 Å². The average Bonchev–Trinajstić information content (AvgIpc) is 2.15. The van der Waals surface area contributed by atoms with Gasteiger partial charge in [-0.05, 0) is 18.8 Å². The Balaban J connectivity index is 2.29. The van der Waals surface area contributed by atoms with Crippen molar-refractivity contribution >= 4 is 15.9 Å². The lowest BCUT2D eigenvalue weighted by molar-refractivity contribution is 0.170. The van der Waals surface area contributed by atoms with Crippen LogP contribution in [0.3, 0.4) is 0 Å². The Bertz CT molecular complexity index is 340. The van der Waals surface area contributed by atoms with E-state index in [1.807, 2.05) is 0 Å². The van der Waals surface area contributed by atoms with E-state index in [4.69, 9.17) is 0 Å². The number of hydrogen-bond donors (Lipinski definition) is 1. The summed E-state index contributed by atoms with van der Waals surface area (Å²) in [7, 11) is -2.99. The van der Waals surface area contributed by atoms with Crippen molar-refractivity contribution < 1.29 is 13.2 Å². The number of rotatable bonds is 3. The quantitative estimate of drug-likeness (QED) is 0.789. The summed E-state index contributed by atoms with van der Waals surface area (Å²) in [6.45, 7) is 3.86. The van der Waals surface area contributed by atoms with Crippen LogP contribution in [0.1, 0.15) is 19.8 Å². The maximum absolute atomic E-state index is 11.6. The zero-order valence-corrected chi connectivity index (χ0v) is 10.7. The first-order valence-corrected chi connectivity index (χ1v) is 7.65. The van der Waals surface area contributed by atoms with Gasteiger partial charge >= 0.3 is 6.03 Å². The molecule has 0 aromatic rings. The first-order valence-electron chi connectivity index (χ1n) is 5.59. The number of piperidine rings is 1. The van der Waals surface area contributed by atoms with E-state index in [9.17, 15) is 13.2 Å². The van der Waals surface area contributed by atoms with Gasteiger partial charge in [-0.1, -0.05) is 6.92 Å². The predicted molar refractivity (Wildman–Crippen MR) is 63.1 cm³/mol. The molecule has 1 N–H and O–H groups in total. The molecule has 1 aliphatic rings. The average molecular weight is 248 g/mol. The van der Waals surface area contributed by atoms with Crippen LogP contribution in [-0.2, 0) is 9.84 Å². The van der Waals surface area contributed by atoms with E-state index in [1.54, 1.807) is 4.90 Å². The van der Waals surface area contributed by atoms with Crippen molar-refractivity contribution in [1.29, 1.82) is 0 Å². The number of likely N-dealkylation sites (tertiary alicyclic amines) is 1. The van der Waals surface area contributed by atoms with Crippen molar-refractivity contribution in [3.8, 4) is 0 Å². The Morgan fingerprint density at radius 2 is 2.19 bits per heavy atom. The summed E-state index contributed by atoms with van der Waals surface area (Å²) in [5.41, 5.74) is 0. The topological polar surface area (TPSA) is 66.5 Å². The van der Waals surface area contributed by atoms with E-state index in [-0.39, 0.29) is 18.3 Å². The lowest BCUT2D eigenvalue weighted by atomic mass is 10.0. The Morgan fingerprint density at radius 1 is 1.50 bits per heavy atom. The van der Waals surface area contributed by atoms with Gasteiger partial charge < -0.3 is 10.2 Å². The standard InChI is InChI=1S/C10H20N2O3S/c1-9-4-3-6-12(8-9)10(13)11-5-7-16(2,14)15/h9H,3-8H2,1-2H3,(H,11,13). The van der Waals surface area contributed by atoms with Gasteiger partial charge in [0.25, 0.3) is 0 Å². The molecular formula is C10H20N2O3S. The molecule has 0 aliphatic carbocycles. The van der Waals surface area contributed by atoms with Gasteiger partial charge in [-0.2, -0.15) is 0 Å². The summed E-state index contributed by atoms with van der Waals surface area (Å²) in [6, 6.07) is -0.143. The lowest BCUT2D eigenvalue weighted by Gasteiger charge is -2.30. The molecule has 0 aromatic heterocycles. The fourth-order valence-electron chi connectivity index (χ4n) is 1.83. The third-order valence-corrected chi connectivity index (χ3v) is 3.64. The first-order chi connectivity index (χ1) is 7.38. The summed E-state index contributed by atoms with van der Waals surface area (Å²) in [5.74, 6) is 0.539. The minimum Gasteiger partial charge on any atom is -0.337 e. The molecule has 5 nitrogen and oxygen atoms in total. The number of carbonyl (C=O) groups excluding carboxylic acids is 1. The number of nitrogens with zero attached hydrogens (tertiary/aromatic N) is 1. The minimum absolute atomic E-state index is 0.00212. The van der Waals surface area contributed by atoms with Gasteiger partial charge in [0.1, 0.15) is 9.84 Å². The van der Waals surface area contributed by atoms with Crippen LogP contribution in [0.2, 0.25) is 0 Å². The van der Waals surface area contributed by atoms with Gasteiger partial charge in [0.05, 0.1) is 5.75 Å². The second-order valence-corrected chi connectivity index (χ2v) is 6.81. The van der Waals surface area contributed by atoms with Gasteiger partial charge in [-0.15, -0.1) is 0 Å². The van der Waals surface area contributed by atoms with Crippen molar-refractivity contribution in [2.45, 2.75) is 19.8 Å². The second kappa shape index (κ2) is 5.52. The van der Waals surface area contributed by atoms with Gasteiger partial charge in [-0.3, -0.25) is 0 Å². The monoisotopic (exact) mass is 248 g/mol. The van der Waals surface area contributed by atoms with Crippen molar-refractivity contribution in [3.05, 3.63) is 0 Å². The number of nitrogens with one attached hydrogen (secondary N) is 1. The SMILES string of the molecule is CC1CCCN(C(=O)NCCS(C)(=O)=O)C1. The van der Waals surface area contributed by atoms with E-state index in [2.05, 4.69) is 12.2 Å². The Labute approximate surface area is 97.1 Å². The molecule has 1 heterocycles. The fourth-order valence-corrected chi connectivity index (χ4v) is 2.30. The lowest BCUT2D eigenvalue weighted by Crippen LogP contribution is -2.46. The molecule has 1 aliphatic heterocycles. The Hall–Kier alpha value is -0.780. The van der Waals surface area contributed by atoms with Gasteiger partial charge in [-0.25, -0.2) is 13.2 Å². The summed E-state index contributed by atoms with van der Waals surface area (Å²) < 4.78 is 21.8. The maximum Gasteiger partial charge on any atom is 0.317 e. The Morgan fingerprint density at radius 3 is 2.75 bits per heavy atom. The molecule has 0 bridgehead atoms. The molecule has 0 radical (unpaired) electrons. The van der Waals surface area contributed by atoms with E-state index in [1.165, 1.54) is 6.26 Å². The van der Waals surface area contributed by atoms with Crippen molar-refractivity contribution in [2.24, 2.45) is 5.92 Å². The van der Waals surface area contributed by atoms with E-state index in [0.29, 0.717) is 5.92 Å². The number of sulfone groups is 1. The van der Waals surface area contributed by atoms with Crippen LogP contribution < -0.4 is 5.32 Å². The molecule has 1 fully saturated rings. The van der Waals surface area contributed by atoms with Crippen molar-refractivity contribution in [3.63, 3.8) is 0 Å². The van der Waals surface area contributed by atoms with Crippen LogP contribution in [0.4, 0.5) is 4.79 Å². The summed E-state index contributed by atoms with van der Waals surface area (Å²) in [5, 5.41) is 2.64. The van der Waals surface area contributed by atoms with Crippen LogP contribution in [-0.4, -0.2) is 51.0 Å². The number of amides is 2. The molecule has 1 saturated heterocycles. The molecule has 2 amide bonds. The zero-order valence-electron chi connectivity index (χ0n) is 9.90. The van der Waals surface area contributed by atoms with Gasteiger partial charge in [0.2, 0.25) is 0 Å². The maximum atomic E-state index is 11.6. The van der Waals surface area contributed by atoms with Crippen LogP contribution in [0, 0.1) is 5.92 Å². The highest BCUT2D eigenvalue weighted by Gasteiger charge is 2.20. The highest BCUT2D eigenvalue weighted by atomic mass is 32.2. The van der Waals surface area contributed by atoms with Crippen LogP contribution in [0.15, 0.2) is 0 Å². The van der Waals surface area contributed by atoms with Crippen LogP contribution in [0.25, 0.3) is 0 Å². The van der Waals surface area contributed by atoms with E-state index >= 15 is 0 Å². The number of urea groups is 1. The minimum atomic E-state index is -2.99. The summed E-state index contributed by atoms with van der Waals surface area (Å²) >= 11 is 0. The highest BCUT2D eigenvalue weighted by Crippen LogP contribution is 2.14. The molecule has 94 valence electrons. The third-order valence-electron chi connectivity index (χ3n) is 2.69. The second-order valence-electron chi connectivity index (χ2n) is 4.56. The molecule has 0 saturated carbocycles. The van der Waals surface area contributed by atoms with Gasteiger partial charge in [0, 0.05) is 25.9 Å². The molecule has 1 unspecified atom stereocenters. The summed E-state index contributed by atoms with van der Waals surface area (Å²) in [6.07, 6.45) is 3.36. The van der Waals surface area contributed by atoms with E-state index < -0.39 is 9.84 Å². The smallest absolute Gasteiger partial charge is 0.317 e. The predicted octanol–water partition coefficient (Wildman–Crippen LogP) is 0.472. The van der Waals surface area contributed by atoms with Crippen LogP contribution in [0.5, 0.6) is 0 Å². The number of carbonyl (C=O) groups is 1. The molecule has 0 aromatic carbocycles. The zero-order chi connectivity index (χ0) is 12.2. The molecule has 1 atom stereocenters. The third kappa shape index (κ3) is 4.83. The molecule has 0 spiro atoms. The summed E-state index contributed by atoms with van der Waals surface area (Å²) in [4.78, 5) is 13.4. The fraction of sp³-hybridized carbons (Fsp3) is 0.900. The Kier molecular flexibility index (Phi) is 4.58. The van der Waals surface area contributed by atoms with Crippen molar-refractivity contribution in [2.75, 3.05) is 31.6 Å². The van der Waals surface area contributed by atoms with E-state index in [0.717, 1.165) is 25.9 Å². The van der Waals surface area contributed by atoms with Gasteiger partial charge in [0.15, 0.2) is 0 Å². The number of hydrogen-bond acceptors (Lipinski definition) is 3. The molecular weight excluding hydrogens is 228 g/mol. The molecule has 16 heavy (non-hydrogen) atoms. The first kappa shape index (κ1) is 13.3. The molecule has 1 rings (SSSR count).